The molecule has 1 aromatic rings. The summed E-state index contributed by atoms with van der Waals surface area (Å²) in [5.41, 5.74) is 0.959. The molecule has 1 fully saturated rings. The normalized spacial score (nSPS) is 20.1. The van der Waals surface area contributed by atoms with Crippen LogP contribution in [-0.2, 0) is 21.3 Å². The fourth-order valence-electron chi connectivity index (χ4n) is 2.10. The second-order valence-electron chi connectivity index (χ2n) is 4.76. The van der Waals surface area contributed by atoms with Crippen LogP contribution in [0.2, 0.25) is 0 Å². The molecule has 4 nitrogen and oxygen atoms in total. The molecular weight excluding hydrogens is 330 g/mol. The average molecular weight is 348 g/mol. The van der Waals surface area contributed by atoms with Crippen LogP contribution in [-0.4, -0.2) is 38.2 Å². The van der Waals surface area contributed by atoms with Crippen molar-refractivity contribution in [2.75, 3.05) is 19.4 Å². The van der Waals surface area contributed by atoms with Crippen molar-refractivity contribution < 1.29 is 13.2 Å². The highest BCUT2D eigenvalue weighted by Crippen LogP contribution is 2.20. The summed E-state index contributed by atoms with van der Waals surface area (Å²) in [4.78, 5) is 0. The van der Waals surface area contributed by atoms with E-state index in [1.54, 1.807) is 7.05 Å². The standard InChI is InChI=1S/C13H18BrNO3S/c1-15(9-11-5-2-3-7-13(11)14)19(16,17)10-12-6-4-8-18-12/h2-3,5,7,12H,4,6,8-10H2,1H3. The molecule has 1 aromatic carbocycles. The third-order valence-corrected chi connectivity index (χ3v) is 5.89. The van der Waals surface area contributed by atoms with Crippen LogP contribution in [0.15, 0.2) is 28.7 Å². The molecule has 0 aliphatic carbocycles. The summed E-state index contributed by atoms with van der Waals surface area (Å²) >= 11 is 3.43. The lowest BCUT2D eigenvalue weighted by Crippen LogP contribution is -2.33. The minimum Gasteiger partial charge on any atom is -0.377 e. The molecule has 2 rings (SSSR count). The molecule has 1 aliphatic heterocycles. The fourth-order valence-corrected chi connectivity index (χ4v) is 3.84. The van der Waals surface area contributed by atoms with Crippen molar-refractivity contribution in [1.29, 1.82) is 0 Å². The van der Waals surface area contributed by atoms with Crippen LogP contribution in [0.4, 0.5) is 0 Å². The number of halogens is 1. The topological polar surface area (TPSA) is 46.6 Å². The summed E-state index contributed by atoms with van der Waals surface area (Å²) in [5, 5.41) is 0. The first-order valence-corrected chi connectivity index (χ1v) is 8.68. The Morgan fingerprint density at radius 3 is 2.79 bits per heavy atom. The van der Waals surface area contributed by atoms with E-state index in [4.69, 9.17) is 4.74 Å². The van der Waals surface area contributed by atoms with Gasteiger partial charge in [0.2, 0.25) is 10.0 Å². The molecule has 0 saturated carbocycles. The SMILES string of the molecule is CN(Cc1ccccc1Br)S(=O)(=O)CC1CCCO1. The highest BCUT2D eigenvalue weighted by atomic mass is 79.9. The van der Waals surface area contributed by atoms with E-state index in [0.29, 0.717) is 13.2 Å². The number of benzene rings is 1. The number of rotatable bonds is 5. The summed E-state index contributed by atoms with van der Waals surface area (Å²) < 4.78 is 32.2. The van der Waals surface area contributed by atoms with Crippen LogP contribution < -0.4 is 0 Å². The number of hydrogen-bond donors (Lipinski definition) is 0. The van der Waals surface area contributed by atoms with Gasteiger partial charge >= 0.3 is 0 Å². The first-order chi connectivity index (χ1) is 8.99. The van der Waals surface area contributed by atoms with Gasteiger partial charge in [-0.2, -0.15) is 0 Å². The third kappa shape index (κ3) is 4.02. The molecule has 19 heavy (non-hydrogen) atoms. The van der Waals surface area contributed by atoms with Gasteiger partial charge in [0, 0.05) is 24.7 Å². The van der Waals surface area contributed by atoms with Gasteiger partial charge in [-0.05, 0) is 24.5 Å². The molecule has 1 heterocycles. The van der Waals surface area contributed by atoms with E-state index in [9.17, 15) is 8.42 Å². The van der Waals surface area contributed by atoms with Gasteiger partial charge in [-0.3, -0.25) is 0 Å². The Hall–Kier alpha value is -0.430. The van der Waals surface area contributed by atoms with Crippen molar-refractivity contribution in [3.8, 4) is 0 Å². The zero-order chi connectivity index (χ0) is 13.9. The maximum absolute atomic E-state index is 12.2. The number of nitrogens with zero attached hydrogens (tertiary/aromatic N) is 1. The summed E-state index contributed by atoms with van der Waals surface area (Å²) in [6.07, 6.45) is 1.64. The predicted octanol–water partition coefficient (Wildman–Crippen LogP) is 2.39. The Morgan fingerprint density at radius 2 is 2.16 bits per heavy atom. The average Bonchev–Trinajstić information content (AvgIpc) is 2.84. The van der Waals surface area contributed by atoms with Crippen molar-refractivity contribution in [1.82, 2.24) is 4.31 Å². The monoisotopic (exact) mass is 347 g/mol. The Bertz CT molecular complexity index is 526. The van der Waals surface area contributed by atoms with Crippen molar-refractivity contribution in [2.24, 2.45) is 0 Å². The van der Waals surface area contributed by atoms with E-state index in [1.807, 2.05) is 24.3 Å². The molecule has 1 unspecified atom stereocenters. The highest BCUT2D eigenvalue weighted by Gasteiger charge is 2.26. The smallest absolute Gasteiger partial charge is 0.216 e. The van der Waals surface area contributed by atoms with E-state index in [1.165, 1.54) is 4.31 Å². The summed E-state index contributed by atoms with van der Waals surface area (Å²) in [5.74, 6) is 0.0773. The Labute approximate surface area is 122 Å². The van der Waals surface area contributed by atoms with Crippen LogP contribution in [0.5, 0.6) is 0 Å². The van der Waals surface area contributed by atoms with E-state index >= 15 is 0 Å². The van der Waals surface area contributed by atoms with Gasteiger partial charge in [0.15, 0.2) is 0 Å². The molecule has 0 radical (unpaired) electrons. The van der Waals surface area contributed by atoms with Crippen LogP contribution in [0.3, 0.4) is 0 Å². The molecule has 1 saturated heterocycles. The second-order valence-corrected chi connectivity index (χ2v) is 7.74. The maximum atomic E-state index is 12.2. The van der Waals surface area contributed by atoms with Gasteiger partial charge in [-0.1, -0.05) is 34.1 Å². The van der Waals surface area contributed by atoms with E-state index in [0.717, 1.165) is 22.9 Å². The Balaban J connectivity index is 2.02. The van der Waals surface area contributed by atoms with Gasteiger partial charge in [0.1, 0.15) is 0 Å². The molecule has 0 spiro atoms. The fraction of sp³-hybridized carbons (Fsp3) is 0.538. The predicted molar refractivity (Wildman–Crippen MR) is 78.4 cm³/mol. The van der Waals surface area contributed by atoms with Crippen molar-refractivity contribution >= 4 is 26.0 Å². The highest BCUT2D eigenvalue weighted by molar-refractivity contribution is 9.10. The minimum atomic E-state index is -3.27. The van der Waals surface area contributed by atoms with Crippen LogP contribution in [0.1, 0.15) is 18.4 Å². The maximum Gasteiger partial charge on any atom is 0.216 e. The van der Waals surface area contributed by atoms with Crippen LogP contribution in [0, 0.1) is 0 Å². The lowest BCUT2D eigenvalue weighted by molar-refractivity contribution is 0.126. The van der Waals surface area contributed by atoms with Crippen molar-refractivity contribution in [3.63, 3.8) is 0 Å². The second kappa shape index (κ2) is 6.35. The molecule has 1 aliphatic rings. The summed E-state index contributed by atoms with van der Waals surface area (Å²) in [6, 6.07) is 7.65. The van der Waals surface area contributed by atoms with Gasteiger partial charge in [0.25, 0.3) is 0 Å². The lowest BCUT2D eigenvalue weighted by atomic mass is 10.2. The van der Waals surface area contributed by atoms with Gasteiger partial charge in [-0.25, -0.2) is 12.7 Å². The van der Waals surface area contributed by atoms with E-state index in [2.05, 4.69) is 15.9 Å². The van der Waals surface area contributed by atoms with Crippen LogP contribution in [0.25, 0.3) is 0 Å². The van der Waals surface area contributed by atoms with E-state index in [-0.39, 0.29) is 11.9 Å². The zero-order valence-electron chi connectivity index (χ0n) is 10.9. The molecule has 0 bridgehead atoms. The zero-order valence-corrected chi connectivity index (χ0v) is 13.3. The van der Waals surface area contributed by atoms with Gasteiger partial charge in [-0.15, -0.1) is 0 Å². The van der Waals surface area contributed by atoms with Crippen molar-refractivity contribution in [2.45, 2.75) is 25.5 Å². The largest absolute Gasteiger partial charge is 0.377 e. The number of ether oxygens (including phenoxy) is 1. The third-order valence-electron chi connectivity index (χ3n) is 3.25. The molecular formula is C13H18BrNO3S. The van der Waals surface area contributed by atoms with Crippen LogP contribution >= 0.6 is 15.9 Å². The molecule has 1 atom stereocenters. The molecule has 106 valence electrons. The van der Waals surface area contributed by atoms with Crippen molar-refractivity contribution in [3.05, 3.63) is 34.3 Å². The Kier molecular flexibility index (Phi) is 5.00. The quantitative estimate of drug-likeness (QED) is 0.821. The first kappa shape index (κ1) is 15.0. The molecule has 0 N–H and O–H groups in total. The number of sulfonamides is 1. The first-order valence-electron chi connectivity index (χ1n) is 6.28. The molecule has 0 aromatic heterocycles. The summed E-state index contributed by atoms with van der Waals surface area (Å²) in [7, 11) is -1.66. The molecule has 6 heteroatoms. The van der Waals surface area contributed by atoms with Gasteiger partial charge in [0.05, 0.1) is 11.9 Å². The molecule has 0 amide bonds. The minimum absolute atomic E-state index is 0.0773. The summed E-state index contributed by atoms with van der Waals surface area (Å²) in [6.45, 7) is 1.05. The lowest BCUT2D eigenvalue weighted by Gasteiger charge is -2.20. The van der Waals surface area contributed by atoms with E-state index < -0.39 is 10.0 Å². The van der Waals surface area contributed by atoms with Gasteiger partial charge < -0.3 is 4.74 Å². The number of hydrogen-bond acceptors (Lipinski definition) is 3. The Morgan fingerprint density at radius 1 is 1.42 bits per heavy atom.